The number of alkyl halides is 3. The molecule has 12 heteroatoms. The highest BCUT2D eigenvalue weighted by Crippen LogP contribution is 2.54. The van der Waals surface area contributed by atoms with Crippen molar-refractivity contribution in [3.63, 3.8) is 0 Å². The summed E-state index contributed by atoms with van der Waals surface area (Å²) in [7, 11) is 0. The van der Waals surface area contributed by atoms with Crippen molar-refractivity contribution in [2.45, 2.75) is 44.9 Å². The number of carbonyl (C=O) groups is 2. The van der Waals surface area contributed by atoms with Crippen LogP contribution in [0.5, 0.6) is 0 Å². The van der Waals surface area contributed by atoms with Gasteiger partial charge in [-0.1, -0.05) is 24.1 Å². The molecule has 2 amide bonds. The number of hydrogen-bond donors (Lipinski definition) is 2. The van der Waals surface area contributed by atoms with Gasteiger partial charge in [-0.25, -0.2) is 4.68 Å². The molecule has 1 aliphatic heterocycles. The lowest BCUT2D eigenvalue weighted by Crippen LogP contribution is -2.42. The lowest BCUT2D eigenvalue weighted by molar-refractivity contribution is -0.138. The van der Waals surface area contributed by atoms with Gasteiger partial charge in [-0.15, -0.1) is 0 Å². The van der Waals surface area contributed by atoms with Crippen LogP contribution in [-0.2, 0) is 17.5 Å². The fourth-order valence-electron chi connectivity index (χ4n) is 5.59. The first-order chi connectivity index (χ1) is 18.0. The number of nitrogen functional groups attached to an aromatic ring is 1. The first kappa shape index (κ1) is 25.4. The largest absolute Gasteiger partial charge is 0.416 e. The zero-order chi connectivity index (χ0) is 27.2. The Morgan fingerprint density at radius 3 is 2.66 bits per heavy atom. The van der Waals surface area contributed by atoms with Gasteiger partial charge < -0.3 is 16.4 Å². The molecule has 0 atom stereocenters. The van der Waals surface area contributed by atoms with E-state index in [1.807, 2.05) is 0 Å². The van der Waals surface area contributed by atoms with Crippen LogP contribution in [0.4, 0.5) is 19.0 Å². The summed E-state index contributed by atoms with van der Waals surface area (Å²) >= 11 is 0. The van der Waals surface area contributed by atoms with Crippen LogP contribution >= 0.6 is 0 Å². The van der Waals surface area contributed by atoms with E-state index in [1.54, 1.807) is 16.5 Å². The van der Waals surface area contributed by atoms with E-state index in [9.17, 15) is 22.8 Å². The zero-order valence-corrected chi connectivity index (χ0v) is 20.6. The Bertz CT molecular complexity index is 1470. The topological polar surface area (TPSA) is 125 Å². The maximum absolute atomic E-state index is 13.4. The van der Waals surface area contributed by atoms with Crippen molar-refractivity contribution in [3.05, 3.63) is 53.3 Å². The number of rotatable bonds is 5. The van der Waals surface area contributed by atoms with E-state index >= 15 is 0 Å². The van der Waals surface area contributed by atoms with Crippen LogP contribution in [0.1, 0.15) is 53.7 Å². The number of benzene rings is 1. The van der Waals surface area contributed by atoms with Gasteiger partial charge in [-0.3, -0.25) is 14.3 Å². The minimum absolute atomic E-state index is 0.0437. The molecule has 4 N–H and O–H groups in total. The molecule has 1 saturated carbocycles. The van der Waals surface area contributed by atoms with Crippen LogP contribution in [0.25, 0.3) is 11.3 Å². The molecule has 0 radical (unpaired) electrons. The van der Waals surface area contributed by atoms with Gasteiger partial charge in [0.05, 0.1) is 24.3 Å². The molecule has 2 aliphatic rings. The second kappa shape index (κ2) is 9.24. The van der Waals surface area contributed by atoms with Gasteiger partial charge in [0.15, 0.2) is 0 Å². The number of primary amides is 1. The monoisotopic (exact) mass is 525 g/mol. The van der Waals surface area contributed by atoms with Crippen molar-refractivity contribution in [3.8, 4) is 23.1 Å². The zero-order valence-electron chi connectivity index (χ0n) is 20.6. The molecule has 3 heterocycles. The summed E-state index contributed by atoms with van der Waals surface area (Å²) in [6.45, 7) is 2.76. The third-order valence-electron chi connectivity index (χ3n) is 7.40. The molecular formula is C26H26F3N7O2. The Kier molecular flexibility index (Phi) is 6.17. The van der Waals surface area contributed by atoms with Crippen molar-refractivity contribution < 1.29 is 22.8 Å². The molecule has 198 valence electrons. The van der Waals surface area contributed by atoms with Crippen molar-refractivity contribution >= 4 is 17.6 Å². The molecule has 2 aromatic heterocycles. The minimum Gasteiger partial charge on any atom is -0.383 e. The predicted molar refractivity (Wildman–Crippen MR) is 132 cm³/mol. The molecular weight excluding hydrogens is 499 g/mol. The van der Waals surface area contributed by atoms with Crippen LogP contribution in [-0.4, -0.2) is 49.4 Å². The molecule has 2 fully saturated rings. The number of hydrogen-bond acceptors (Lipinski definition) is 5. The minimum atomic E-state index is -4.49. The standard InChI is InChI=1S/C26H26F3N7O2/c1-2-5-20(37)34-9-8-25(15-34)10-18(11-25)36-23(30)21(24(31)38)22(33-36)17-12-32-35(14-17)13-16-6-3-4-7-19(16)26(27,28)29/h3-4,6-7,12,14,18H,8-11,13,15,30H2,1H3,(H2,31,38). The van der Waals surface area contributed by atoms with E-state index in [0.29, 0.717) is 18.7 Å². The number of likely N-dealkylation sites (tertiary alicyclic amines) is 1. The van der Waals surface area contributed by atoms with E-state index < -0.39 is 17.6 Å². The molecule has 38 heavy (non-hydrogen) atoms. The van der Waals surface area contributed by atoms with Gasteiger partial charge >= 0.3 is 6.18 Å². The Hall–Kier alpha value is -4.27. The second-order valence-electron chi connectivity index (χ2n) is 9.91. The fourth-order valence-corrected chi connectivity index (χ4v) is 5.59. The molecule has 0 bridgehead atoms. The van der Waals surface area contributed by atoms with E-state index in [0.717, 1.165) is 25.3 Å². The summed E-state index contributed by atoms with van der Waals surface area (Å²) < 4.78 is 43.1. The van der Waals surface area contributed by atoms with Gasteiger partial charge in [0.25, 0.3) is 11.8 Å². The lowest BCUT2D eigenvalue weighted by Gasteiger charge is -2.45. The molecule has 1 saturated heterocycles. The molecule has 0 unspecified atom stereocenters. The summed E-state index contributed by atoms with van der Waals surface area (Å²) in [6.07, 6.45) is 0.756. The van der Waals surface area contributed by atoms with Gasteiger partial charge in [0.1, 0.15) is 17.1 Å². The number of nitrogens with zero attached hydrogens (tertiary/aromatic N) is 5. The fraction of sp³-hybridized carbons (Fsp3) is 0.385. The van der Waals surface area contributed by atoms with Gasteiger partial charge in [-0.2, -0.15) is 23.4 Å². The maximum atomic E-state index is 13.4. The van der Waals surface area contributed by atoms with E-state index in [1.165, 1.54) is 35.3 Å². The number of anilines is 1. The number of halogens is 3. The Morgan fingerprint density at radius 2 is 1.97 bits per heavy atom. The van der Waals surface area contributed by atoms with Crippen LogP contribution in [0.15, 0.2) is 36.7 Å². The molecule has 1 spiro atoms. The highest BCUT2D eigenvalue weighted by molar-refractivity contribution is 6.03. The number of aromatic nitrogens is 4. The number of nitrogens with two attached hydrogens (primary N) is 2. The van der Waals surface area contributed by atoms with Crippen molar-refractivity contribution in [2.24, 2.45) is 11.1 Å². The lowest BCUT2D eigenvalue weighted by atomic mass is 9.65. The normalized spacial score (nSPS) is 20.7. The van der Waals surface area contributed by atoms with E-state index in [4.69, 9.17) is 11.5 Å². The average molecular weight is 526 g/mol. The molecule has 1 aliphatic carbocycles. The number of carbonyl (C=O) groups excluding carboxylic acids is 2. The van der Waals surface area contributed by atoms with Gasteiger partial charge in [-0.05, 0) is 49.2 Å². The number of amides is 2. The first-order valence-electron chi connectivity index (χ1n) is 12.1. The van der Waals surface area contributed by atoms with Crippen LogP contribution < -0.4 is 11.5 Å². The predicted octanol–water partition coefficient (Wildman–Crippen LogP) is 3.07. The third-order valence-corrected chi connectivity index (χ3v) is 7.40. The maximum Gasteiger partial charge on any atom is 0.416 e. The highest BCUT2D eigenvalue weighted by Gasteiger charge is 2.51. The summed E-state index contributed by atoms with van der Waals surface area (Å²) in [5, 5.41) is 8.78. The Balaban J connectivity index is 1.37. The van der Waals surface area contributed by atoms with Crippen molar-refractivity contribution in [2.75, 3.05) is 18.8 Å². The second-order valence-corrected chi connectivity index (χ2v) is 9.91. The SMILES string of the molecule is CC#CC(=O)N1CCC2(CC(n3nc(-c4cnn(Cc5ccccc5C(F)(F)F)c4)c(C(N)=O)c3N)C2)C1. The summed E-state index contributed by atoms with van der Waals surface area (Å²) in [6, 6.07) is 5.20. The Labute approximate surface area is 216 Å². The quantitative estimate of drug-likeness (QED) is 0.496. The van der Waals surface area contributed by atoms with Crippen LogP contribution in [0, 0.1) is 17.3 Å². The van der Waals surface area contributed by atoms with E-state index in [2.05, 4.69) is 22.0 Å². The molecule has 9 nitrogen and oxygen atoms in total. The van der Waals surface area contributed by atoms with Crippen LogP contribution in [0.3, 0.4) is 0 Å². The van der Waals surface area contributed by atoms with E-state index in [-0.39, 0.29) is 46.5 Å². The van der Waals surface area contributed by atoms with Gasteiger partial charge in [0.2, 0.25) is 0 Å². The van der Waals surface area contributed by atoms with Crippen molar-refractivity contribution in [1.29, 1.82) is 0 Å². The smallest absolute Gasteiger partial charge is 0.383 e. The summed E-state index contributed by atoms with van der Waals surface area (Å²) in [5.41, 5.74) is 11.9. The first-order valence-corrected chi connectivity index (χ1v) is 12.1. The summed E-state index contributed by atoms with van der Waals surface area (Å²) in [5.74, 6) is 4.40. The Morgan fingerprint density at radius 1 is 1.24 bits per heavy atom. The van der Waals surface area contributed by atoms with Gasteiger partial charge in [0, 0.05) is 24.8 Å². The average Bonchev–Trinajstić information content (AvgIpc) is 3.55. The molecule has 5 rings (SSSR count). The molecule has 3 aromatic rings. The summed E-state index contributed by atoms with van der Waals surface area (Å²) in [4.78, 5) is 26.2. The molecule has 1 aromatic carbocycles. The highest BCUT2D eigenvalue weighted by atomic mass is 19.4. The third kappa shape index (κ3) is 4.49. The van der Waals surface area contributed by atoms with Crippen molar-refractivity contribution in [1.82, 2.24) is 24.5 Å². The van der Waals surface area contributed by atoms with Crippen LogP contribution in [0.2, 0.25) is 0 Å².